The first-order valence-corrected chi connectivity index (χ1v) is 4.19. The third-order valence-electron chi connectivity index (χ3n) is 1.24. The number of aromatic nitrogens is 1. The van der Waals surface area contributed by atoms with Crippen molar-refractivity contribution >= 4 is 17.7 Å². The molecule has 1 heterocycles. The van der Waals surface area contributed by atoms with Gasteiger partial charge in [-0.3, -0.25) is 4.79 Å². The third-order valence-corrected chi connectivity index (χ3v) is 2.13. The first-order valence-electron chi connectivity index (χ1n) is 2.97. The van der Waals surface area contributed by atoms with Crippen molar-refractivity contribution in [2.75, 3.05) is 6.26 Å². The second-order valence-electron chi connectivity index (χ2n) is 1.99. The lowest BCUT2D eigenvalue weighted by Gasteiger charge is -1.91. The Bertz CT molecular complexity index is 282. The highest BCUT2D eigenvalue weighted by Crippen LogP contribution is 2.23. The fourth-order valence-corrected chi connectivity index (χ4v) is 1.41. The normalized spacial score (nSPS) is 10.0. The Morgan fingerprint density at radius 3 is 2.73 bits per heavy atom. The molecule has 0 fully saturated rings. The van der Waals surface area contributed by atoms with Gasteiger partial charge in [0, 0.05) is 0 Å². The predicted octanol–water partition coefficient (Wildman–Crippen LogP) is 0.804. The van der Waals surface area contributed by atoms with Crippen molar-refractivity contribution in [3.05, 3.63) is 11.5 Å². The molecule has 2 N–H and O–H groups in total. The Hall–Kier alpha value is -0.970. The maximum atomic E-state index is 10.7. The Morgan fingerprint density at radius 2 is 2.36 bits per heavy atom. The van der Waals surface area contributed by atoms with E-state index in [1.165, 1.54) is 11.8 Å². The maximum Gasteiger partial charge on any atom is 0.288 e. The van der Waals surface area contributed by atoms with Crippen LogP contribution in [0.25, 0.3) is 0 Å². The summed E-state index contributed by atoms with van der Waals surface area (Å²) >= 11 is 1.40. The van der Waals surface area contributed by atoms with Gasteiger partial charge in [0.25, 0.3) is 5.91 Å². The zero-order valence-electron chi connectivity index (χ0n) is 6.25. The van der Waals surface area contributed by atoms with Gasteiger partial charge in [0.1, 0.15) is 0 Å². The molecular weight excluding hydrogens is 164 g/mol. The second-order valence-corrected chi connectivity index (χ2v) is 2.81. The van der Waals surface area contributed by atoms with Gasteiger partial charge in [-0.25, -0.2) is 0 Å². The molecule has 0 radical (unpaired) electrons. The molecule has 4 nitrogen and oxygen atoms in total. The topological polar surface area (TPSA) is 69.1 Å². The van der Waals surface area contributed by atoms with Crippen LogP contribution in [0.2, 0.25) is 0 Å². The minimum absolute atomic E-state index is 0.148. The number of nitrogens with two attached hydrogens (primary N) is 1. The highest BCUT2D eigenvalue weighted by atomic mass is 32.2. The summed E-state index contributed by atoms with van der Waals surface area (Å²) < 4.78 is 4.70. The Morgan fingerprint density at radius 1 is 1.73 bits per heavy atom. The van der Waals surface area contributed by atoms with E-state index in [2.05, 4.69) is 5.16 Å². The van der Waals surface area contributed by atoms with Crippen molar-refractivity contribution in [3.63, 3.8) is 0 Å². The van der Waals surface area contributed by atoms with Crippen LogP contribution in [0.3, 0.4) is 0 Å². The fraction of sp³-hybridized carbons (Fsp3) is 0.333. The van der Waals surface area contributed by atoms with Gasteiger partial charge in [-0.1, -0.05) is 5.16 Å². The van der Waals surface area contributed by atoms with E-state index >= 15 is 0 Å². The molecule has 1 aromatic rings. The van der Waals surface area contributed by atoms with Crippen LogP contribution in [0.1, 0.15) is 16.2 Å². The molecule has 0 aliphatic heterocycles. The summed E-state index contributed by atoms with van der Waals surface area (Å²) in [7, 11) is 0. The monoisotopic (exact) mass is 172 g/mol. The van der Waals surface area contributed by atoms with Gasteiger partial charge in [0.15, 0.2) is 0 Å². The highest BCUT2D eigenvalue weighted by molar-refractivity contribution is 7.98. The Kier molecular flexibility index (Phi) is 2.19. The van der Waals surface area contributed by atoms with Gasteiger partial charge in [0.2, 0.25) is 5.76 Å². The standard InChI is InChI=1S/C6H8N2O2S/c1-3-5(11-2)4(6(7)9)10-8-3/h1-2H3,(H2,7,9). The van der Waals surface area contributed by atoms with E-state index in [-0.39, 0.29) is 5.76 Å². The van der Waals surface area contributed by atoms with Crippen LogP contribution in [-0.4, -0.2) is 17.3 Å². The number of nitrogens with zero attached hydrogens (tertiary/aromatic N) is 1. The maximum absolute atomic E-state index is 10.7. The van der Waals surface area contributed by atoms with E-state index in [0.29, 0.717) is 5.69 Å². The number of hydrogen-bond donors (Lipinski definition) is 1. The summed E-state index contributed by atoms with van der Waals surface area (Å²) in [4.78, 5) is 11.4. The SMILES string of the molecule is CSc1c(C)noc1C(N)=O. The van der Waals surface area contributed by atoms with Crippen molar-refractivity contribution in [1.82, 2.24) is 5.16 Å². The van der Waals surface area contributed by atoms with Crippen LogP contribution in [0.15, 0.2) is 9.42 Å². The van der Waals surface area contributed by atoms with Crippen LogP contribution in [0.4, 0.5) is 0 Å². The molecule has 1 aromatic heterocycles. The molecular formula is C6H8N2O2S. The molecule has 0 saturated heterocycles. The van der Waals surface area contributed by atoms with Crippen molar-refractivity contribution < 1.29 is 9.32 Å². The lowest BCUT2D eigenvalue weighted by molar-refractivity contribution is 0.0961. The van der Waals surface area contributed by atoms with Crippen LogP contribution in [0.5, 0.6) is 0 Å². The molecule has 0 atom stereocenters. The van der Waals surface area contributed by atoms with Crippen LogP contribution >= 0.6 is 11.8 Å². The van der Waals surface area contributed by atoms with Gasteiger partial charge in [-0.15, -0.1) is 11.8 Å². The van der Waals surface area contributed by atoms with Gasteiger partial charge in [-0.05, 0) is 13.2 Å². The molecule has 1 amide bonds. The van der Waals surface area contributed by atoms with E-state index < -0.39 is 5.91 Å². The van der Waals surface area contributed by atoms with Crippen molar-refractivity contribution in [1.29, 1.82) is 0 Å². The lowest BCUT2D eigenvalue weighted by atomic mass is 10.4. The number of hydrogen-bond acceptors (Lipinski definition) is 4. The third kappa shape index (κ3) is 1.37. The molecule has 0 saturated carbocycles. The second kappa shape index (κ2) is 2.96. The summed E-state index contributed by atoms with van der Waals surface area (Å²) in [5.74, 6) is -0.426. The molecule has 0 unspecified atom stereocenters. The Balaban J connectivity index is 3.15. The zero-order chi connectivity index (χ0) is 8.43. The average molecular weight is 172 g/mol. The van der Waals surface area contributed by atoms with Crippen LogP contribution in [-0.2, 0) is 0 Å². The number of carbonyl (C=O) groups is 1. The van der Waals surface area contributed by atoms with Crippen molar-refractivity contribution in [3.8, 4) is 0 Å². The van der Waals surface area contributed by atoms with Crippen LogP contribution < -0.4 is 5.73 Å². The first-order chi connectivity index (χ1) is 5.16. The quantitative estimate of drug-likeness (QED) is 0.670. The number of thioether (sulfide) groups is 1. The van der Waals surface area contributed by atoms with E-state index in [1.807, 2.05) is 6.26 Å². The molecule has 0 aliphatic carbocycles. The van der Waals surface area contributed by atoms with Crippen LogP contribution in [0, 0.1) is 6.92 Å². The number of amides is 1. The smallest absolute Gasteiger partial charge is 0.288 e. The number of primary amides is 1. The van der Waals surface area contributed by atoms with Crippen molar-refractivity contribution in [2.24, 2.45) is 5.73 Å². The van der Waals surface area contributed by atoms with Crippen molar-refractivity contribution in [2.45, 2.75) is 11.8 Å². The molecule has 0 spiro atoms. The molecule has 0 aliphatic rings. The number of aryl methyl sites for hydroxylation is 1. The minimum Gasteiger partial charge on any atom is -0.363 e. The first kappa shape index (κ1) is 8.13. The van der Waals surface area contributed by atoms with E-state index in [0.717, 1.165) is 4.90 Å². The van der Waals surface area contributed by atoms with Gasteiger partial charge >= 0.3 is 0 Å². The predicted molar refractivity (Wildman–Crippen MR) is 41.5 cm³/mol. The molecule has 1 rings (SSSR count). The average Bonchev–Trinajstić information content (AvgIpc) is 2.30. The lowest BCUT2D eigenvalue weighted by Crippen LogP contribution is -2.10. The van der Waals surface area contributed by atoms with Gasteiger partial charge < -0.3 is 10.3 Å². The van der Waals surface area contributed by atoms with Gasteiger partial charge in [0.05, 0.1) is 10.6 Å². The molecule has 0 aromatic carbocycles. The zero-order valence-corrected chi connectivity index (χ0v) is 7.07. The Labute approximate surface area is 68.1 Å². The van der Waals surface area contributed by atoms with E-state index in [1.54, 1.807) is 6.92 Å². The largest absolute Gasteiger partial charge is 0.363 e. The molecule has 5 heteroatoms. The molecule has 11 heavy (non-hydrogen) atoms. The van der Waals surface area contributed by atoms with E-state index in [4.69, 9.17) is 10.3 Å². The summed E-state index contributed by atoms with van der Waals surface area (Å²) in [6, 6.07) is 0. The van der Waals surface area contributed by atoms with Gasteiger partial charge in [-0.2, -0.15) is 0 Å². The minimum atomic E-state index is -0.574. The fourth-order valence-electron chi connectivity index (χ4n) is 0.759. The number of carbonyl (C=O) groups excluding carboxylic acids is 1. The molecule has 0 bridgehead atoms. The molecule has 60 valence electrons. The number of rotatable bonds is 2. The van der Waals surface area contributed by atoms with E-state index in [9.17, 15) is 4.79 Å². The summed E-state index contributed by atoms with van der Waals surface area (Å²) in [6.07, 6.45) is 1.84. The summed E-state index contributed by atoms with van der Waals surface area (Å²) in [5, 5.41) is 3.61. The highest BCUT2D eigenvalue weighted by Gasteiger charge is 2.16. The summed E-state index contributed by atoms with van der Waals surface area (Å²) in [6.45, 7) is 1.77. The summed E-state index contributed by atoms with van der Waals surface area (Å²) in [5.41, 5.74) is 5.72.